The Hall–Kier alpha value is -1.59. The highest BCUT2D eigenvalue weighted by atomic mass is 35.5. The largest absolute Gasteiger partial charge is 0.352 e. The molecule has 1 aliphatic heterocycles. The molecule has 2 amide bonds. The van der Waals surface area contributed by atoms with Crippen molar-refractivity contribution in [3.63, 3.8) is 0 Å². The highest BCUT2D eigenvalue weighted by Crippen LogP contribution is 2.12. The Morgan fingerprint density at radius 3 is 2.52 bits per heavy atom. The third kappa shape index (κ3) is 6.20. The molecule has 5 nitrogen and oxygen atoms in total. The van der Waals surface area contributed by atoms with Crippen molar-refractivity contribution in [3.8, 4) is 0 Å². The van der Waals surface area contributed by atoms with Crippen molar-refractivity contribution in [2.24, 2.45) is 11.8 Å². The second-order valence-corrected chi connectivity index (χ2v) is 6.12. The third-order valence-electron chi connectivity index (χ3n) is 3.94. The molecular weight excluding hydrogens is 314 g/mol. The van der Waals surface area contributed by atoms with Crippen LogP contribution in [-0.4, -0.2) is 31.4 Å². The van der Waals surface area contributed by atoms with Crippen LogP contribution in [-0.2, 0) is 4.79 Å². The molecule has 1 aromatic carbocycles. The van der Waals surface area contributed by atoms with Crippen molar-refractivity contribution < 1.29 is 9.59 Å². The van der Waals surface area contributed by atoms with E-state index in [0.29, 0.717) is 23.7 Å². The number of amides is 2. The number of carbonyl (C=O) groups excluding carboxylic acids is 2. The highest BCUT2D eigenvalue weighted by Gasteiger charge is 2.14. The minimum atomic E-state index is -0.0623. The summed E-state index contributed by atoms with van der Waals surface area (Å²) >= 11 is 0. The Bertz CT molecular complexity index is 511. The van der Waals surface area contributed by atoms with Gasteiger partial charge in [-0.1, -0.05) is 13.8 Å². The van der Waals surface area contributed by atoms with Gasteiger partial charge < -0.3 is 16.0 Å². The second-order valence-electron chi connectivity index (χ2n) is 6.12. The zero-order valence-electron chi connectivity index (χ0n) is 13.7. The SMILES string of the molecule is CC(C)C(=O)Nc1ccc(C(=O)NCCC2CCNC2)cc1.Cl. The van der Waals surface area contributed by atoms with Gasteiger partial charge in [-0.3, -0.25) is 9.59 Å². The summed E-state index contributed by atoms with van der Waals surface area (Å²) in [6, 6.07) is 7.00. The van der Waals surface area contributed by atoms with E-state index in [4.69, 9.17) is 0 Å². The van der Waals surface area contributed by atoms with Crippen LogP contribution in [0.4, 0.5) is 5.69 Å². The number of hydrogen-bond donors (Lipinski definition) is 3. The predicted molar refractivity (Wildman–Crippen MR) is 95.1 cm³/mol. The van der Waals surface area contributed by atoms with Gasteiger partial charge in [-0.2, -0.15) is 0 Å². The first-order valence-corrected chi connectivity index (χ1v) is 7.96. The molecule has 23 heavy (non-hydrogen) atoms. The van der Waals surface area contributed by atoms with Gasteiger partial charge in [0.1, 0.15) is 0 Å². The monoisotopic (exact) mass is 339 g/mol. The molecule has 0 radical (unpaired) electrons. The lowest BCUT2D eigenvalue weighted by Gasteiger charge is -2.10. The third-order valence-corrected chi connectivity index (χ3v) is 3.94. The first kappa shape index (κ1) is 19.5. The van der Waals surface area contributed by atoms with Gasteiger partial charge in [-0.05, 0) is 56.1 Å². The average Bonchev–Trinajstić information content (AvgIpc) is 3.01. The number of rotatable bonds is 6. The van der Waals surface area contributed by atoms with E-state index < -0.39 is 0 Å². The molecule has 1 fully saturated rings. The second kappa shape index (κ2) is 9.53. The molecule has 0 aliphatic carbocycles. The highest BCUT2D eigenvalue weighted by molar-refractivity contribution is 5.96. The summed E-state index contributed by atoms with van der Waals surface area (Å²) in [6.07, 6.45) is 2.21. The van der Waals surface area contributed by atoms with Crippen molar-refractivity contribution in [1.82, 2.24) is 10.6 Å². The van der Waals surface area contributed by atoms with E-state index >= 15 is 0 Å². The normalized spacial score (nSPS) is 16.7. The van der Waals surface area contributed by atoms with E-state index in [1.165, 1.54) is 6.42 Å². The maximum absolute atomic E-state index is 12.0. The Balaban J connectivity index is 0.00000264. The summed E-state index contributed by atoms with van der Waals surface area (Å²) in [5.41, 5.74) is 1.33. The van der Waals surface area contributed by atoms with Gasteiger partial charge >= 0.3 is 0 Å². The number of halogens is 1. The van der Waals surface area contributed by atoms with Crippen LogP contribution in [0.25, 0.3) is 0 Å². The summed E-state index contributed by atoms with van der Waals surface area (Å²) in [7, 11) is 0. The molecule has 0 saturated carbocycles. The van der Waals surface area contributed by atoms with Crippen LogP contribution >= 0.6 is 12.4 Å². The summed E-state index contributed by atoms with van der Waals surface area (Å²) in [6.45, 7) is 6.54. The quantitative estimate of drug-likeness (QED) is 0.745. The van der Waals surface area contributed by atoms with Gasteiger partial charge in [0.2, 0.25) is 5.91 Å². The van der Waals surface area contributed by atoms with Crippen LogP contribution in [0.5, 0.6) is 0 Å². The molecule has 128 valence electrons. The topological polar surface area (TPSA) is 70.2 Å². The minimum Gasteiger partial charge on any atom is -0.352 e. The summed E-state index contributed by atoms with van der Waals surface area (Å²) in [4.78, 5) is 23.6. The van der Waals surface area contributed by atoms with Crippen molar-refractivity contribution in [2.45, 2.75) is 26.7 Å². The van der Waals surface area contributed by atoms with E-state index in [-0.39, 0.29) is 30.1 Å². The van der Waals surface area contributed by atoms with Crippen LogP contribution in [0, 0.1) is 11.8 Å². The molecule has 0 aromatic heterocycles. The molecule has 1 atom stereocenters. The van der Waals surface area contributed by atoms with Crippen molar-refractivity contribution in [3.05, 3.63) is 29.8 Å². The molecule has 1 heterocycles. The lowest BCUT2D eigenvalue weighted by molar-refractivity contribution is -0.118. The van der Waals surface area contributed by atoms with Gasteiger partial charge in [-0.15, -0.1) is 12.4 Å². The first-order chi connectivity index (χ1) is 10.6. The molecule has 1 unspecified atom stereocenters. The lowest BCUT2D eigenvalue weighted by Crippen LogP contribution is -2.26. The molecule has 3 N–H and O–H groups in total. The molecule has 1 saturated heterocycles. The lowest BCUT2D eigenvalue weighted by atomic mass is 10.1. The van der Waals surface area contributed by atoms with Crippen molar-refractivity contribution in [2.75, 3.05) is 25.0 Å². The summed E-state index contributed by atoms with van der Waals surface area (Å²) in [5.74, 6) is 0.525. The molecule has 2 rings (SSSR count). The van der Waals surface area contributed by atoms with Gasteiger partial charge in [0.15, 0.2) is 0 Å². The molecule has 0 spiro atoms. The molecule has 1 aliphatic rings. The molecule has 1 aromatic rings. The maximum atomic E-state index is 12.0. The zero-order valence-corrected chi connectivity index (χ0v) is 14.5. The van der Waals surface area contributed by atoms with Crippen LogP contribution in [0.3, 0.4) is 0 Å². The van der Waals surface area contributed by atoms with Crippen molar-refractivity contribution in [1.29, 1.82) is 0 Å². The van der Waals surface area contributed by atoms with Gasteiger partial charge in [0.05, 0.1) is 0 Å². The number of carbonyl (C=O) groups is 2. The van der Waals surface area contributed by atoms with Gasteiger partial charge in [0, 0.05) is 23.7 Å². The van der Waals surface area contributed by atoms with Crippen LogP contribution in [0.2, 0.25) is 0 Å². The number of anilines is 1. The van der Waals surface area contributed by atoms with Crippen LogP contribution in [0.1, 0.15) is 37.0 Å². The zero-order chi connectivity index (χ0) is 15.9. The summed E-state index contributed by atoms with van der Waals surface area (Å²) < 4.78 is 0. The van der Waals surface area contributed by atoms with Gasteiger partial charge in [-0.25, -0.2) is 0 Å². The predicted octanol–water partition coefficient (Wildman–Crippen LogP) is 2.43. The number of hydrogen-bond acceptors (Lipinski definition) is 3. The van der Waals surface area contributed by atoms with Gasteiger partial charge in [0.25, 0.3) is 5.91 Å². The van der Waals surface area contributed by atoms with Crippen LogP contribution in [0.15, 0.2) is 24.3 Å². The Morgan fingerprint density at radius 2 is 1.96 bits per heavy atom. The van der Waals surface area contributed by atoms with E-state index in [1.54, 1.807) is 24.3 Å². The molecule has 0 bridgehead atoms. The molecule has 6 heteroatoms. The maximum Gasteiger partial charge on any atom is 0.251 e. The fourth-order valence-electron chi connectivity index (χ4n) is 2.44. The smallest absolute Gasteiger partial charge is 0.251 e. The fraction of sp³-hybridized carbons (Fsp3) is 0.529. The Labute approximate surface area is 144 Å². The van der Waals surface area contributed by atoms with E-state index in [1.807, 2.05) is 13.8 Å². The van der Waals surface area contributed by atoms with Crippen LogP contribution < -0.4 is 16.0 Å². The van der Waals surface area contributed by atoms with E-state index in [2.05, 4.69) is 16.0 Å². The van der Waals surface area contributed by atoms with E-state index in [9.17, 15) is 9.59 Å². The van der Waals surface area contributed by atoms with Crippen molar-refractivity contribution >= 4 is 29.9 Å². The summed E-state index contributed by atoms with van der Waals surface area (Å²) in [5, 5.41) is 9.08. The first-order valence-electron chi connectivity index (χ1n) is 7.96. The van der Waals surface area contributed by atoms with E-state index in [0.717, 1.165) is 19.5 Å². The number of nitrogens with one attached hydrogen (secondary N) is 3. The average molecular weight is 340 g/mol. The fourth-order valence-corrected chi connectivity index (χ4v) is 2.44. The standard InChI is InChI=1S/C17H25N3O2.ClH/c1-12(2)16(21)20-15-5-3-14(4-6-15)17(22)19-10-8-13-7-9-18-11-13;/h3-6,12-13,18H,7-11H2,1-2H3,(H,19,22)(H,20,21);1H. The Kier molecular flexibility index (Phi) is 8.06. The molecular formula is C17H26ClN3O2. The minimum absolute atomic E-state index is 0. The number of benzene rings is 1. The Morgan fingerprint density at radius 1 is 1.26 bits per heavy atom.